The van der Waals surface area contributed by atoms with E-state index in [0.717, 1.165) is 42.8 Å². The number of halogens is 1. The summed E-state index contributed by atoms with van der Waals surface area (Å²) in [5, 5.41) is 6.36. The van der Waals surface area contributed by atoms with E-state index in [1.165, 1.54) is 19.3 Å². The van der Waals surface area contributed by atoms with Gasteiger partial charge in [0.2, 0.25) is 0 Å². The van der Waals surface area contributed by atoms with E-state index in [1.54, 1.807) is 0 Å². The molecule has 7 heteroatoms. The van der Waals surface area contributed by atoms with Gasteiger partial charge < -0.3 is 0 Å². The third-order valence-corrected chi connectivity index (χ3v) is 6.26. The maximum atomic E-state index is 11.3. The van der Waals surface area contributed by atoms with E-state index in [9.17, 15) is 8.42 Å². The van der Waals surface area contributed by atoms with Gasteiger partial charge in [-0.2, -0.15) is 0 Å². The molecule has 0 spiro atoms. The van der Waals surface area contributed by atoms with Gasteiger partial charge in [0.15, 0.2) is 0 Å². The third-order valence-electron chi connectivity index (χ3n) is 5.22. The van der Waals surface area contributed by atoms with E-state index in [1.807, 2.05) is 0 Å². The van der Waals surface area contributed by atoms with Crippen LogP contribution in [0.3, 0.4) is 0 Å². The van der Waals surface area contributed by atoms with Gasteiger partial charge in [0.25, 0.3) is 14.2 Å². The predicted molar refractivity (Wildman–Crippen MR) is 69.3 cm³/mol. The summed E-state index contributed by atoms with van der Waals surface area (Å²) >= 11 is 0. The van der Waals surface area contributed by atoms with Crippen molar-refractivity contribution in [2.45, 2.75) is 49.1 Å². The molecule has 19 heavy (non-hydrogen) atoms. The number of H-pyrrole nitrogens is 1. The Balaban J connectivity index is 1.74. The fourth-order valence-corrected chi connectivity index (χ4v) is 5.56. The minimum absolute atomic E-state index is 0.0293. The lowest BCUT2D eigenvalue weighted by molar-refractivity contribution is -0.00931. The van der Waals surface area contributed by atoms with Crippen LogP contribution in [-0.4, -0.2) is 23.6 Å². The molecule has 0 saturated heterocycles. The summed E-state index contributed by atoms with van der Waals surface area (Å²) in [4.78, 5) is 4.18. The highest BCUT2D eigenvalue weighted by Crippen LogP contribution is 2.60. The first-order valence-electron chi connectivity index (χ1n) is 6.82. The minimum Gasteiger partial charge on any atom is -0.261 e. The molecule has 0 amide bonds. The average Bonchev–Trinajstić information content (AvgIpc) is 2.75. The Hall–Kier alpha value is -0.620. The molecule has 4 bridgehead atoms. The van der Waals surface area contributed by atoms with Crippen LogP contribution >= 0.6 is 10.7 Å². The molecular weight excluding hydrogens is 286 g/mol. The number of hydrogen-bond acceptors (Lipinski definition) is 4. The van der Waals surface area contributed by atoms with Crippen LogP contribution in [0.4, 0.5) is 0 Å². The van der Waals surface area contributed by atoms with E-state index in [4.69, 9.17) is 10.7 Å². The van der Waals surface area contributed by atoms with Gasteiger partial charge in [0, 0.05) is 16.1 Å². The van der Waals surface area contributed by atoms with Gasteiger partial charge in [-0.05, 0) is 56.3 Å². The Morgan fingerprint density at radius 3 is 2.05 bits per heavy atom. The maximum absolute atomic E-state index is 11.3. The summed E-state index contributed by atoms with van der Waals surface area (Å²) in [7, 11) is 1.47. The van der Waals surface area contributed by atoms with Gasteiger partial charge in [-0.15, -0.1) is 5.10 Å². The molecule has 1 aromatic heterocycles. The Bertz CT molecular complexity index is 589. The number of nitrogens with one attached hydrogen (secondary N) is 1. The smallest absolute Gasteiger partial charge is 0.261 e. The lowest BCUT2D eigenvalue weighted by Crippen LogP contribution is -2.49. The van der Waals surface area contributed by atoms with Gasteiger partial charge >= 0.3 is 0 Å². The second-order valence-corrected chi connectivity index (χ2v) is 9.06. The van der Waals surface area contributed by atoms with E-state index >= 15 is 0 Å². The number of aromatic amines is 1. The zero-order valence-corrected chi connectivity index (χ0v) is 12.0. The molecule has 1 N–H and O–H groups in total. The summed E-state index contributed by atoms with van der Waals surface area (Å²) in [5.41, 5.74) is 0.0293. The molecule has 5 nitrogen and oxygen atoms in total. The highest BCUT2D eigenvalue weighted by Gasteiger charge is 2.53. The van der Waals surface area contributed by atoms with Crippen LogP contribution in [0, 0.1) is 17.8 Å². The molecule has 0 aromatic carbocycles. The molecule has 0 atom stereocenters. The van der Waals surface area contributed by atoms with E-state index < -0.39 is 9.05 Å². The predicted octanol–water partition coefficient (Wildman–Crippen LogP) is 2.20. The van der Waals surface area contributed by atoms with Crippen molar-refractivity contribution in [3.8, 4) is 0 Å². The maximum Gasteiger partial charge on any atom is 0.298 e. The van der Waals surface area contributed by atoms with Crippen molar-refractivity contribution in [1.82, 2.24) is 15.2 Å². The third kappa shape index (κ3) is 1.83. The molecule has 0 unspecified atom stereocenters. The van der Waals surface area contributed by atoms with Crippen molar-refractivity contribution in [1.29, 1.82) is 0 Å². The van der Waals surface area contributed by atoms with Crippen molar-refractivity contribution in [3.05, 3.63) is 5.82 Å². The topological polar surface area (TPSA) is 75.7 Å². The summed E-state index contributed by atoms with van der Waals surface area (Å²) in [6.45, 7) is 0. The van der Waals surface area contributed by atoms with E-state index in [2.05, 4.69) is 15.2 Å². The highest BCUT2D eigenvalue weighted by molar-refractivity contribution is 8.13. The molecule has 4 aliphatic rings. The Kier molecular flexibility index (Phi) is 2.38. The fraction of sp³-hybridized carbons (Fsp3) is 0.833. The summed E-state index contributed by atoms with van der Waals surface area (Å²) in [6, 6.07) is 0. The van der Waals surface area contributed by atoms with Crippen molar-refractivity contribution in [3.63, 3.8) is 0 Å². The molecule has 1 heterocycles. The quantitative estimate of drug-likeness (QED) is 0.850. The monoisotopic (exact) mass is 301 g/mol. The second-order valence-electron chi connectivity index (χ2n) is 6.60. The van der Waals surface area contributed by atoms with Crippen LogP contribution in [0.2, 0.25) is 0 Å². The Morgan fingerprint density at radius 2 is 1.63 bits per heavy atom. The first kappa shape index (κ1) is 12.1. The first-order valence-corrected chi connectivity index (χ1v) is 9.13. The van der Waals surface area contributed by atoms with Crippen LogP contribution < -0.4 is 0 Å². The van der Waals surface area contributed by atoms with Crippen molar-refractivity contribution >= 4 is 19.7 Å². The van der Waals surface area contributed by atoms with Crippen molar-refractivity contribution < 1.29 is 8.42 Å². The first-order chi connectivity index (χ1) is 8.95. The van der Waals surface area contributed by atoms with Crippen LogP contribution in [0.15, 0.2) is 5.16 Å². The van der Waals surface area contributed by atoms with Gasteiger partial charge in [-0.25, -0.2) is 13.4 Å². The van der Waals surface area contributed by atoms with Gasteiger partial charge in [-0.3, -0.25) is 5.10 Å². The minimum atomic E-state index is -3.83. The van der Waals surface area contributed by atoms with Gasteiger partial charge in [0.05, 0.1) is 0 Å². The van der Waals surface area contributed by atoms with Gasteiger partial charge in [-0.1, -0.05) is 0 Å². The number of rotatable bonds is 2. The molecule has 4 fully saturated rings. The Morgan fingerprint density at radius 1 is 1.11 bits per heavy atom. The summed E-state index contributed by atoms with van der Waals surface area (Å²) < 4.78 is 22.6. The normalized spacial score (nSPS) is 40.8. The standard InChI is InChI=1S/C12H16ClN3O2S/c13-19(17,18)11-14-10(15-16-11)12-4-7-1-8(5-12)3-9(2-7)6-12/h7-9H,1-6H2,(H,14,15,16). The molecule has 5 rings (SSSR count). The van der Waals surface area contributed by atoms with E-state index in [-0.39, 0.29) is 10.6 Å². The number of hydrogen-bond donors (Lipinski definition) is 1. The second kappa shape index (κ2) is 3.73. The molecule has 0 aliphatic heterocycles. The SMILES string of the molecule is O=S(=O)(Cl)c1n[nH]c(C23CC4CC(CC(C4)C2)C3)n1. The molecule has 4 saturated carbocycles. The van der Waals surface area contributed by atoms with Gasteiger partial charge in [0.1, 0.15) is 5.82 Å². The number of aromatic nitrogens is 3. The number of nitrogens with zero attached hydrogens (tertiary/aromatic N) is 2. The van der Waals surface area contributed by atoms with Crippen molar-refractivity contribution in [2.75, 3.05) is 0 Å². The molecule has 1 aromatic rings. The van der Waals surface area contributed by atoms with Crippen LogP contribution in [0.25, 0.3) is 0 Å². The Labute approximate surface area is 116 Å². The van der Waals surface area contributed by atoms with Crippen LogP contribution in [0.5, 0.6) is 0 Å². The van der Waals surface area contributed by atoms with Crippen LogP contribution in [-0.2, 0) is 14.5 Å². The average molecular weight is 302 g/mol. The largest absolute Gasteiger partial charge is 0.298 e. The molecular formula is C12H16ClN3O2S. The zero-order chi connectivity index (χ0) is 13.3. The fourth-order valence-electron chi connectivity index (χ4n) is 4.99. The van der Waals surface area contributed by atoms with E-state index in [0.29, 0.717) is 0 Å². The summed E-state index contributed by atoms with van der Waals surface area (Å²) in [6.07, 6.45) is 7.39. The molecule has 104 valence electrons. The lowest BCUT2D eigenvalue weighted by Gasteiger charge is -2.55. The highest BCUT2D eigenvalue weighted by atomic mass is 35.7. The van der Waals surface area contributed by atoms with Crippen molar-refractivity contribution in [2.24, 2.45) is 17.8 Å². The molecule has 4 aliphatic carbocycles. The zero-order valence-electron chi connectivity index (χ0n) is 10.5. The lowest BCUT2D eigenvalue weighted by atomic mass is 9.49. The summed E-state index contributed by atoms with van der Waals surface area (Å²) in [5.74, 6) is 3.10. The van der Waals surface area contributed by atoms with Crippen LogP contribution in [0.1, 0.15) is 44.3 Å². The molecule has 0 radical (unpaired) electrons.